The molecule has 0 spiro atoms. The highest BCUT2D eigenvalue weighted by molar-refractivity contribution is 14.1. The van der Waals surface area contributed by atoms with E-state index in [1.807, 2.05) is 26.2 Å². The number of nitrogens with zero attached hydrogens (tertiary/aromatic N) is 2. The molecule has 8 atom stereocenters. The van der Waals surface area contributed by atoms with E-state index >= 15 is 0 Å². The Morgan fingerprint density at radius 1 is 0.590 bits per heavy atom. The van der Waals surface area contributed by atoms with Crippen molar-refractivity contribution >= 4 is 45.4 Å². The highest BCUT2D eigenvalue weighted by atomic mass is 127. The fourth-order valence-electron chi connectivity index (χ4n) is 7.66. The number of aliphatic hydroxyl groups excluding tert-OH is 1. The largest absolute Gasteiger partial charge is 0.461 e. The normalized spacial score (nSPS) is 18.9. The predicted molar refractivity (Wildman–Crippen MR) is 378 cm³/mol. The highest BCUT2D eigenvalue weighted by Crippen LogP contribution is 2.67. The number of ether oxygens (including phenoxy) is 2. The molecule has 2 aliphatic rings. The predicted octanol–water partition coefficient (Wildman–Crippen LogP) is 28.5. The molecule has 4 rings (SSSR count). The first-order chi connectivity index (χ1) is 52.1. The molecule has 117 heavy (non-hydrogen) atoms. The zero-order valence-electron chi connectivity index (χ0n) is 66.5. The molecule has 8 unspecified atom stereocenters. The van der Waals surface area contributed by atoms with Gasteiger partial charge in [-0.25, -0.2) is 18.1 Å². The first-order valence-electron chi connectivity index (χ1n) is 35.3. The Hall–Kier alpha value is -4.66. The lowest BCUT2D eigenvalue weighted by Crippen LogP contribution is -2.56. The third-order valence-electron chi connectivity index (χ3n) is 18.0. The molecule has 2 aromatic rings. The number of allylic oxidation sites excluding steroid dienone is 3. The first-order valence-corrected chi connectivity index (χ1v) is 37.2. The number of alkyl halides is 37. The number of halogens is 38. The third-order valence-corrected chi connectivity index (χ3v) is 18.7. The van der Waals surface area contributed by atoms with Crippen molar-refractivity contribution < 1.29 is 190 Å². The summed E-state index contributed by atoms with van der Waals surface area (Å²) in [6.07, 6.45) is -20.3. The summed E-state index contributed by atoms with van der Waals surface area (Å²) >= 11 is 5.19. The van der Waals surface area contributed by atoms with E-state index in [4.69, 9.17) is 5.11 Å². The highest BCUT2D eigenvalue weighted by Gasteiger charge is 2.90. The van der Waals surface area contributed by atoms with Gasteiger partial charge in [-0.3, -0.25) is 14.5 Å². The van der Waals surface area contributed by atoms with Gasteiger partial charge in [0.25, 0.3) is 11.2 Å². The van der Waals surface area contributed by atoms with Crippen LogP contribution in [0.1, 0.15) is 196 Å². The topological polar surface area (TPSA) is 92.9 Å². The number of epoxide rings is 1. The van der Waals surface area contributed by atoms with Crippen molar-refractivity contribution in [1.82, 2.24) is 4.98 Å². The van der Waals surface area contributed by atoms with Gasteiger partial charge in [0.15, 0.2) is 18.9 Å². The van der Waals surface area contributed by atoms with E-state index in [9.17, 15) is 168 Å². The Bertz CT molecular complexity index is 3140. The third kappa shape index (κ3) is 37.9. The van der Waals surface area contributed by atoms with Gasteiger partial charge in [0, 0.05) is 56.2 Å². The van der Waals surface area contributed by atoms with Crippen LogP contribution in [0, 0.1) is 40.9 Å². The monoisotopic (exact) mass is 1930 g/mol. The molecule has 7 nitrogen and oxygen atoms in total. The molecule has 0 amide bonds. The van der Waals surface area contributed by atoms with Crippen LogP contribution in [-0.2, 0) is 38.4 Å². The molecule has 1 saturated carbocycles. The maximum Gasteiger partial charge on any atom is 0.460 e. The molecular formula is C72H105ClF36IN2O5+. The number of aromatic nitrogens is 2. The quantitative estimate of drug-likeness (QED) is 0.0140. The van der Waals surface area contributed by atoms with E-state index in [1.54, 1.807) is 39.8 Å². The lowest BCUT2D eigenvalue weighted by molar-refractivity contribution is -0.700. The van der Waals surface area contributed by atoms with Gasteiger partial charge < -0.3 is 9.84 Å². The van der Waals surface area contributed by atoms with Crippen molar-refractivity contribution in [3.8, 4) is 0 Å². The minimum atomic E-state index is -6.54. The summed E-state index contributed by atoms with van der Waals surface area (Å²) in [6.45, 7) is 36.4. The molecule has 2 aromatic heterocycles. The Labute approximate surface area is 677 Å². The van der Waals surface area contributed by atoms with Crippen molar-refractivity contribution in [3.63, 3.8) is 0 Å². The Kier molecular flexibility index (Phi) is 52.8. The maximum absolute atomic E-state index is 13.1. The van der Waals surface area contributed by atoms with Gasteiger partial charge in [-0.2, -0.15) is 149 Å². The molecule has 1 N–H and O–H groups in total. The van der Waals surface area contributed by atoms with Crippen LogP contribution in [0.5, 0.6) is 0 Å². The average Bonchev–Trinajstić information content (AvgIpc) is 1.53. The molecule has 45 heteroatoms. The smallest absolute Gasteiger partial charge is 0.460 e. The Morgan fingerprint density at radius 2 is 0.940 bits per heavy atom. The first kappa shape index (κ1) is 123. The molecule has 0 bridgehead atoms. The molecule has 0 aromatic carbocycles. The molecule has 0 radical (unpaired) electrons. The van der Waals surface area contributed by atoms with E-state index in [-0.39, 0.29) is 8.77 Å². The minimum absolute atomic E-state index is 0. The number of hydrogen-bond acceptors (Lipinski definition) is 6. The molecule has 698 valence electrons. The second kappa shape index (κ2) is 50.2. The van der Waals surface area contributed by atoms with Gasteiger partial charge in [0.2, 0.25) is 0 Å². The van der Waals surface area contributed by atoms with Crippen molar-refractivity contribution in [2.75, 3.05) is 17.6 Å². The fourth-order valence-corrected chi connectivity index (χ4v) is 8.46. The molecule has 3 heterocycles. The van der Waals surface area contributed by atoms with E-state index in [0.29, 0.717) is 37.2 Å². The van der Waals surface area contributed by atoms with Gasteiger partial charge in [0.05, 0.1) is 13.0 Å². The molecule has 1 saturated heterocycles. The molecule has 1 aliphatic heterocycles. The second-order valence-corrected chi connectivity index (χ2v) is 28.3. The van der Waals surface area contributed by atoms with Crippen LogP contribution in [0.15, 0.2) is 72.9 Å². The van der Waals surface area contributed by atoms with E-state index in [0.717, 1.165) is 23.0 Å². The zero-order valence-corrected chi connectivity index (χ0v) is 69.4. The lowest BCUT2D eigenvalue weighted by atomic mass is 9.94. The zero-order chi connectivity index (χ0) is 94.8. The van der Waals surface area contributed by atoms with Crippen molar-refractivity contribution in [1.29, 1.82) is 0 Å². The van der Waals surface area contributed by atoms with Crippen LogP contribution in [0.3, 0.4) is 0 Å². The van der Waals surface area contributed by atoms with Crippen molar-refractivity contribution in [2.24, 2.45) is 40.9 Å². The molecular weight excluding hydrogens is 1820 g/mol. The number of carbonyl (C=O) groups is 2. The fraction of sp³-hybridized carbons (Fsp3) is 0.778. The second-order valence-electron chi connectivity index (χ2n) is 26.9. The number of aliphatic hydroxyl groups is 1. The van der Waals surface area contributed by atoms with Gasteiger partial charge in [-0.1, -0.05) is 176 Å². The van der Waals surface area contributed by atoms with Crippen molar-refractivity contribution in [3.05, 3.63) is 84.0 Å². The van der Waals surface area contributed by atoms with Gasteiger partial charge in [-0.15, -0.1) is 0 Å². The maximum atomic E-state index is 13.1. The van der Waals surface area contributed by atoms with Crippen LogP contribution in [-0.4, -0.2) is 135 Å². The van der Waals surface area contributed by atoms with Gasteiger partial charge in [0.1, 0.15) is 0 Å². The van der Waals surface area contributed by atoms with Crippen LogP contribution < -0.4 is 4.57 Å². The Morgan fingerprint density at radius 3 is 1.15 bits per heavy atom. The van der Waals surface area contributed by atoms with Gasteiger partial charge >= 0.3 is 96.2 Å². The summed E-state index contributed by atoms with van der Waals surface area (Å²) < 4.78 is 438. The summed E-state index contributed by atoms with van der Waals surface area (Å²) in [5.74, 6) is -56.1. The van der Waals surface area contributed by atoms with Crippen LogP contribution in [0.2, 0.25) is 0 Å². The van der Waals surface area contributed by atoms with Crippen LogP contribution in [0.4, 0.5) is 158 Å². The molecule has 1 aliphatic carbocycles. The number of esters is 1. The number of pyridine rings is 2. The van der Waals surface area contributed by atoms with Gasteiger partial charge in [-0.05, 0) is 117 Å². The average molecular weight is 1930 g/mol. The lowest BCUT2D eigenvalue weighted by Gasteiger charge is -2.27. The summed E-state index contributed by atoms with van der Waals surface area (Å²) in [5, 5.41) is 5.58. The summed E-state index contributed by atoms with van der Waals surface area (Å²) in [7, 11) is 0. The molecule has 2 fully saturated rings. The number of rotatable bonds is 27. The van der Waals surface area contributed by atoms with Crippen LogP contribution >= 0.6 is 34.2 Å². The van der Waals surface area contributed by atoms with E-state index in [1.165, 1.54) is 97.1 Å². The minimum Gasteiger partial charge on any atom is -0.461 e. The number of carbonyl (C=O) groups excluding carboxylic acids is 2. The Balaban J connectivity index is -0.000000196. The van der Waals surface area contributed by atoms with Crippen LogP contribution in [0.25, 0.3) is 0 Å². The van der Waals surface area contributed by atoms with E-state index < -0.39 is 155 Å². The standard InChI is InChI=1S/C13H15F7N.C11H15F7O2.C8H11N.C7H12F2.C7H16O.2C7H14.C5H4F7I.C4ClF7O.C3F6O.2H2/c1-2-3-10-4-7-21(8-5-10)9-6-11(14,15)12(16,17)13(18,19)20;1-4-6(2)7(3)5-20-8(19)9(12,13)10(14,15)11(16,17)18;1-2-3-8-4-6-9-7-5-8;1-4-6(3)5(2)7(6,8)9;1-4-6(2)7(3)5-8;1-5-7(4)6(2)3;1-4-6-7(3)5-2;6-3(7,1-2-13)4(8,9)5(10,11)12;5-1(13)2(6,7)3(8,9)4(10,11)12;4-1(2(5,6)7)3(8,9)10-1;;/h4-5,7-8H,2-3,6,9H2,1H3;6-7H,4-5H2,1-3H3;4-7H,2-3H2,1H3;5H,4H2,1-3H3;6-8H,4-5H2,1-3H3;7H,2,5H2,1,3-4H3;6H,4-5H2,1-3H3;1-2H2;;;2*1H/q+1;;;;;;;;;;;/b;;;;;;7-6-;;;;;/i;;;;;;;;;;2*1+1. The SMILES string of the molecule is C=C(C)C(C)CC.CC/C=C(/C)CC.CCC(C)C(C)CO.CCC(C)C(C)COC(=O)C(F)(F)C(F)(F)C(F)(F)F.CCC1(C)C(C)C1(F)F.CCCc1cc[n+](CCC(F)(F)C(F)(F)C(F)(F)F)cc1.CCCc1ccncc1.FC(F)(F)C(F)(F)C(F)(F)CCI.FC(F)(F)C1(F)OC1(F)F.O=C(Cl)C(F)(F)C(F)(F)C(F)(F)F.[2HH].[2HH]. The number of aryl methyl sites for hydroxylation is 3. The van der Waals surface area contributed by atoms with E-state index in [2.05, 4.69) is 120 Å². The van der Waals surface area contributed by atoms with Crippen molar-refractivity contribution in [2.45, 2.75) is 297 Å². The number of hydrogen-bond donors (Lipinski definition) is 1. The summed E-state index contributed by atoms with van der Waals surface area (Å²) in [4.78, 5) is 24.3. The summed E-state index contributed by atoms with van der Waals surface area (Å²) in [5.41, 5.74) is 4.42. The summed E-state index contributed by atoms with van der Waals surface area (Å²) in [6, 6.07) is 7.35.